The highest BCUT2D eigenvalue weighted by molar-refractivity contribution is 5.96. The molecule has 1 aliphatic heterocycles. The average molecular weight is 242 g/mol. The fourth-order valence-electron chi connectivity index (χ4n) is 2.10. The molecule has 5 heteroatoms. The van der Waals surface area contributed by atoms with E-state index in [0.29, 0.717) is 19.6 Å². The van der Waals surface area contributed by atoms with Crippen molar-refractivity contribution in [2.24, 2.45) is 0 Å². The van der Waals surface area contributed by atoms with Crippen LogP contribution >= 0.6 is 0 Å². The highest BCUT2D eigenvalue weighted by Gasteiger charge is 2.39. The number of rotatable bonds is 5. The Bertz CT molecular complexity index is 293. The first-order valence-corrected chi connectivity index (χ1v) is 6.23. The van der Waals surface area contributed by atoms with E-state index < -0.39 is 6.04 Å². The Balaban J connectivity index is 2.77. The van der Waals surface area contributed by atoms with E-state index in [9.17, 15) is 9.59 Å². The second-order valence-corrected chi connectivity index (χ2v) is 4.40. The van der Waals surface area contributed by atoms with Gasteiger partial charge in [0.2, 0.25) is 11.8 Å². The first-order chi connectivity index (χ1) is 8.02. The standard InChI is InChI=1S/C12H22N2O3/c1-5-10-12(16)14(8(3)7-17-6-2)9(4)11(15)13-10/h8-10H,5-7H2,1-4H3,(H,13,15). The van der Waals surface area contributed by atoms with Gasteiger partial charge in [0.1, 0.15) is 12.1 Å². The van der Waals surface area contributed by atoms with E-state index in [4.69, 9.17) is 4.74 Å². The van der Waals surface area contributed by atoms with E-state index in [-0.39, 0.29) is 23.9 Å². The van der Waals surface area contributed by atoms with Gasteiger partial charge in [-0.2, -0.15) is 0 Å². The van der Waals surface area contributed by atoms with Gasteiger partial charge >= 0.3 is 0 Å². The SMILES string of the molecule is CCOCC(C)N1C(=O)C(CC)NC(=O)C1C. The summed E-state index contributed by atoms with van der Waals surface area (Å²) >= 11 is 0. The summed E-state index contributed by atoms with van der Waals surface area (Å²) in [6.07, 6.45) is 0.620. The minimum Gasteiger partial charge on any atom is -0.380 e. The van der Waals surface area contributed by atoms with Crippen molar-refractivity contribution in [2.45, 2.75) is 52.2 Å². The molecule has 0 radical (unpaired) electrons. The predicted octanol–water partition coefficient (Wildman–Crippen LogP) is 0.537. The Labute approximate surface area is 102 Å². The van der Waals surface area contributed by atoms with Gasteiger partial charge in [-0.3, -0.25) is 9.59 Å². The zero-order valence-electron chi connectivity index (χ0n) is 11.0. The van der Waals surface area contributed by atoms with Crippen molar-refractivity contribution in [1.29, 1.82) is 0 Å². The van der Waals surface area contributed by atoms with Crippen LogP contribution < -0.4 is 5.32 Å². The smallest absolute Gasteiger partial charge is 0.246 e. The molecule has 3 atom stereocenters. The van der Waals surface area contributed by atoms with E-state index in [1.165, 1.54) is 0 Å². The molecule has 98 valence electrons. The Morgan fingerprint density at radius 3 is 2.59 bits per heavy atom. The molecular weight excluding hydrogens is 220 g/mol. The fourth-order valence-corrected chi connectivity index (χ4v) is 2.10. The van der Waals surface area contributed by atoms with Crippen LogP contribution in [-0.4, -0.2) is 48.1 Å². The van der Waals surface area contributed by atoms with Crippen LogP contribution in [0.3, 0.4) is 0 Å². The molecule has 0 aromatic rings. The highest BCUT2D eigenvalue weighted by atomic mass is 16.5. The maximum absolute atomic E-state index is 12.2. The van der Waals surface area contributed by atoms with Crippen molar-refractivity contribution >= 4 is 11.8 Å². The summed E-state index contributed by atoms with van der Waals surface area (Å²) in [5, 5.41) is 2.74. The van der Waals surface area contributed by atoms with E-state index in [2.05, 4.69) is 5.32 Å². The average Bonchev–Trinajstić information content (AvgIpc) is 2.31. The van der Waals surface area contributed by atoms with Crippen molar-refractivity contribution < 1.29 is 14.3 Å². The van der Waals surface area contributed by atoms with Gasteiger partial charge in [-0.05, 0) is 27.2 Å². The van der Waals surface area contributed by atoms with Gasteiger partial charge in [0, 0.05) is 6.61 Å². The Morgan fingerprint density at radius 2 is 2.06 bits per heavy atom. The predicted molar refractivity (Wildman–Crippen MR) is 64.5 cm³/mol. The molecule has 2 amide bonds. The lowest BCUT2D eigenvalue weighted by Crippen LogP contribution is -2.64. The van der Waals surface area contributed by atoms with Gasteiger partial charge in [0.25, 0.3) is 0 Å². The molecule has 1 saturated heterocycles. The number of piperazine rings is 1. The third-order valence-electron chi connectivity index (χ3n) is 3.11. The first kappa shape index (κ1) is 14.0. The van der Waals surface area contributed by atoms with Gasteiger partial charge < -0.3 is 15.0 Å². The molecule has 5 nitrogen and oxygen atoms in total. The largest absolute Gasteiger partial charge is 0.380 e. The number of nitrogens with zero attached hydrogens (tertiary/aromatic N) is 1. The van der Waals surface area contributed by atoms with Crippen LogP contribution in [-0.2, 0) is 14.3 Å². The van der Waals surface area contributed by atoms with Crippen molar-refractivity contribution in [2.75, 3.05) is 13.2 Å². The first-order valence-electron chi connectivity index (χ1n) is 6.23. The minimum atomic E-state index is -0.416. The van der Waals surface area contributed by atoms with E-state index in [1.807, 2.05) is 20.8 Å². The second-order valence-electron chi connectivity index (χ2n) is 4.40. The lowest BCUT2D eigenvalue weighted by atomic mass is 10.0. The summed E-state index contributed by atoms with van der Waals surface area (Å²) in [5.74, 6) is -0.0911. The quantitative estimate of drug-likeness (QED) is 0.765. The maximum atomic E-state index is 12.2. The lowest BCUT2D eigenvalue weighted by molar-refractivity contribution is -0.152. The van der Waals surface area contributed by atoms with Crippen LogP contribution in [0.15, 0.2) is 0 Å². The molecule has 0 saturated carbocycles. The normalized spacial score (nSPS) is 26.9. The number of hydrogen-bond acceptors (Lipinski definition) is 3. The van der Waals surface area contributed by atoms with Crippen LogP contribution in [0.1, 0.15) is 34.1 Å². The van der Waals surface area contributed by atoms with E-state index in [1.54, 1.807) is 11.8 Å². The Hall–Kier alpha value is -1.10. The molecule has 3 unspecified atom stereocenters. The van der Waals surface area contributed by atoms with Crippen molar-refractivity contribution in [1.82, 2.24) is 10.2 Å². The van der Waals surface area contributed by atoms with E-state index >= 15 is 0 Å². The molecule has 1 aliphatic rings. The molecule has 17 heavy (non-hydrogen) atoms. The summed E-state index contributed by atoms with van der Waals surface area (Å²) in [6, 6.07) is -0.874. The molecule has 1 N–H and O–H groups in total. The van der Waals surface area contributed by atoms with Crippen molar-refractivity contribution in [3.63, 3.8) is 0 Å². The molecule has 0 aliphatic carbocycles. The number of carbonyl (C=O) groups is 2. The number of hydrogen-bond donors (Lipinski definition) is 1. The third-order valence-corrected chi connectivity index (χ3v) is 3.11. The molecule has 0 bridgehead atoms. The fraction of sp³-hybridized carbons (Fsp3) is 0.833. The molecule has 0 spiro atoms. The lowest BCUT2D eigenvalue weighted by Gasteiger charge is -2.40. The number of nitrogens with one attached hydrogen (secondary N) is 1. The minimum absolute atomic E-state index is 0.00759. The summed E-state index contributed by atoms with van der Waals surface area (Å²) in [7, 11) is 0. The summed E-state index contributed by atoms with van der Waals surface area (Å²) in [6.45, 7) is 8.55. The maximum Gasteiger partial charge on any atom is 0.246 e. The molecular formula is C12H22N2O3. The molecule has 1 fully saturated rings. The summed E-state index contributed by atoms with van der Waals surface area (Å²) < 4.78 is 5.32. The van der Waals surface area contributed by atoms with Crippen LogP contribution in [0, 0.1) is 0 Å². The Morgan fingerprint density at radius 1 is 1.41 bits per heavy atom. The molecule has 1 heterocycles. The number of ether oxygens (including phenoxy) is 1. The highest BCUT2D eigenvalue weighted by Crippen LogP contribution is 2.15. The zero-order valence-corrected chi connectivity index (χ0v) is 11.0. The second kappa shape index (κ2) is 6.00. The van der Waals surface area contributed by atoms with Crippen LogP contribution in [0.2, 0.25) is 0 Å². The Kier molecular flexibility index (Phi) is 4.93. The summed E-state index contributed by atoms with van der Waals surface area (Å²) in [5.41, 5.74) is 0. The monoisotopic (exact) mass is 242 g/mol. The third kappa shape index (κ3) is 2.97. The van der Waals surface area contributed by atoms with Gasteiger partial charge in [-0.25, -0.2) is 0 Å². The van der Waals surface area contributed by atoms with Crippen LogP contribution in [0.25, 0.3) is 0 Å². The zero-order chi connectivity index (χ0) is 13.0. The van der Waals surface area contributed by atoms with Crippen molar-refractivity contribution in [3.05, 3.63) is 0 Å². The topological polar surface area (TPSA) is 58.6 Å². The van der Waals surface area contributed by atoms with Gasteiger partial charge in [0.05, 0.1) is 12.6 Å². The van der Waals surface area contributed by atoms with Crippen molar-refractivity contribution in [3.8, 4) is 0 Å². The summed E-state index contributed by atoms with van der Waals surface area (Å²) in [4.78, 5) is 25.6. The van der Waals surface area contributed by atoms with E-state index in [0.717, 1.165) is 0 Å². The molecule has 1 rings (SSSR count). The van der Waals surface area contributed by atoms with Gasteiger partial charge in [-0.15, -0.1) is 0 Å². The number of carbonyl (C=O) groups excluding carboxylic acids is 2. The molecule has 0 aromatic carbocycles. The number of amides is 2. The van der Waals surface area contributed by atoms with Crippen LogP contribution in [0.5, 0.6) is 0 Å². The van der Waals surface area contributed by atoms with Gasteiger partial charge in [0.15, 0.2) is 0 Å². The molecule has 0 aromatic heterocycles. The van der Waals surface area contributed by atoms with Crippen LogP contribution in [0.4, 0.5) is 0 Å². The van der Waals surface area contributed by atoms with Gasteiger partial charge in [-0.1, -0.05) is 6.92 Å².